The van der Waals surface area contributed by atoms with Gasteiger partial charge in [-0.2, -0.15) is 0 Å². The summed E-state index contributed by atoms with van der Waals surface area (Å²) in [6.07, 6.45) is -1.20. The predicted octanol–water partition coefficient (Wildman–Crippen LogP) is 0.926. The minimum Gasteiger partial charge on any atom is -0.448 e. The lowest BCUT2D eigenvalue weighted by Crippen LogP contribution is -2.69. The number of amides is 2. The molecule has 0 saturated carbocycles. The van der Waals surface area contributed by atoms with Gasteiger partial charge in [0.25, 0.3) is 0 Å². The highest BCUT2D eigenvalue weighted by molar-refractivity contribution is 7.88. The number of sulfonamides is 1. The van der Waals surface area contributed by atoms with Gasteiger partial charge in [0.05, 0.1) is 12.3 Å². The lowest BCUT2D eigenvalue weighted by atomic mass is 9.59. The van der Waals surface area contributed by atoms with Crippen molar-refractivity contribution < 1.29 is 27.5 Å². The van der Waals surface area contributed by atoms with Crippen LogP contribution in [0.3, 0.4) is 0 Å². The molecule has 9 nitrogen and oxygen atoms in total. The Balaban J connectivity index is 6.42. The van der Waals surface area contributed by atoms with Crippen LogP contribution in [0.4, 0.5) is 9.59 Å². The quantitative estimate of drug-likeness (QED) is 0.635. The number of primary amides is 2. The van der Waals surface area contributed by atoms with Gasteiger partial charge >= 0.3 is 12.2 Å². The van der Waals surface area contributed by atoms with E-state index < -0.39 is 51.3 Å². The van der Waals surface area contributed by atoms with Crippen molar-refractivity contribution in [3.8, 4) is 0 Å². The van der Waals surface area contributed by atoms with Crippen molar-refractivity contribution in [3.05, 3.63) is 0 Å². The average molecular weight is 367 g/mol. The molecule has 0 bridgehead atoms. The molecule has 0 aliphatic carbocycles. The molecule has 0 radical (unpaired) electrons. The first-order valence-corrected chi connectivity index (χ1v) is 9.21. The lowest BCUT2D eigenvalue weighted by Gasteiger charge is -2.55. The van der Waals surface area contributed by atoms with Crippen LogP contribution in [0.25, 0.3) is 0 Å². The van der Waals surface area contributed by atoms with E-state index in [1.165, 1.54) is 0 Å². The molecule has 1 atom stereocenters. The molecule has 10 heteroatoms. The summed E-state index contributed by atoms with van der Waals surface area (Å²) in [7, 11) is -3.72. The average Bonchev–Trinajstić information content (AvgIpc) is 2.26. The van der Waals surface area contributed by atoms with Crippen molar-refractivity contribution in [2.45, 2.75) is 53.2 Å². The number of carbonyl (C=O) groups is 2. The molecule has 1 unspecified atom stereocenters. The standard InChI is InChI=1S/C14H29N3O6S/c1-12(2,3)14(13(4,5)6,23-11(16)19)9(8-22-10(15)18)17-24(7,20)21/h9,17H,8H2,1-7H3,(H2,15,18)(H2,16,19). The number of ether oxygens (including phenoxy) is 2. The molecule has 142 valence electrons. The Morgan fingerprint density at radius 2 is 1.42 bits per heavy atom. The van der Waals surface area contributed by atoms with Crippen LogP contribution in [0.1, 0.15) is 41.5 Å². The second-order valence-corrected chi connectivity index (χ2v) is 9.51. The van der Waals surface area contributed by atoms with Crippen molar-refractivity contribution in [1.82, 2.24) is 4.72 Å². The van der Waals surface area contributed by atoms with Crippen LogP contribution >= 0.6 is 0 Å². The Bertz CT molecular complexity index is 560. The molecule has 0 aromatic carbocycles. The van der Waals surface area contributed by atoms with Gasteiger partial charge < -0.3 is 20.9 Å². The van der Waals surface area contributed by atoms with Crippen molar-refractivity contribution in [2.75, 3.05) is 12.9 Å². The normalized spacial score (nSPS) is 14.8. The molecule has 0 aromatic heterocycles. The molecule has 2 amide bonds. The smallest absolute Gasteiger partial charge is 0.405 e. The molecule has 0 heterocycles. The molecule has 0 fully saturated rings. The van der Waals surface area contributed by atoms with E-state index >= 15 is 0 Å². The minimum absolute atomic E-state index is 0.426. The molecule has 5 N–H and O–H groups in total. The predicted molar refractivity (Wildman–Crippen MR) is 89.6 cm³/mol. The highest BCUT2D eigenvalue weighted by atomic mass is 32.2. The fraction of sp³-hybridized carbons (Fsp3) is 0.857. The summed E-state index contributed by atoms with van der Waals surface area (Å²) in [5.41, 5.74) is 7.27. The number of nitrogens with one attached hydrogen (secondary N) is 1. The fourth-order valence-electron chi connectivity index (χ4n) is 3.36. The minimum atomic E-state index is -3.72. The third kappa shape index (κ3) is 5.52. The molecule has 0 aromatic rings. The molecule has 0 aliphatic heterocycles. The molecule has 0 rings (SSSR count). The van der Waals surface area contributed by atoms with Gasteiger partial charge in [-0.05, 0) is 0 Å². The summed E-state index contributed by atoms with van der Waals surface area (Å²) >= 11 is 0. The Hall–Kier alpha value is -1.55. The number of hydrogen-bond acceptors (Lipinski definition) is 6. The van der Waals surface area contributed by atoms with Gasteiger partial charge in [0, 0.05) is 10.8 Å². The van der Waals surface area contributed by atoms with Crippen LogP contribution in [0, 0.1) is 10.8 Å². The van der Waals surface area contributed by atoms with Crippen LogP contribution in [0.5, 0.6) is 0 Å². The first-order chi connectivity index (χ1) is 10.4. The topological polar surface area (TPSA) is 151 Å². The van der Waals surface area contributed by atoms with Gasteiger partial charge in [-0.15, -0.1) is 0 Å². The maximum atomic E-state index is 11.8. The number of carbonyl (C=O) groups excluding carboxylic acids is 2. The number of nitrogens with two attached hydrogens (primary N) is 2. The van der Waals surface area contributed by atoms with E-state index in [0.717, 1.165) is 6.26 Å². The molecule has 0 spiro atoms. The Morgan fingerprint density at radius 1 is 1.00 bits per heavy atom. The van der Waals surface area contributed by atoms with E-state index in [4.69, 9.17) is 20.9 Å². The largest absolute Gasteiger partial charge is 0.448 e. The lowest BCUT2D eigenvalue weighted by molar-refractivity contribution is -0.162. The molecule has 0 aliphatic rings. The highest BCUT2D eigenvalue weighted by Gasteiger charge is 2.60. The van der Waals surface area contributed by atoms with E-state index in [9.17, 15) is 18.0 Å². The summed E-state index contributed by atoms with van der Waals surface area (Å²) in [6, 6.07) is -1.10. The van der Waals surface area contributed by atoms with Gasteiger partial charge in [0.15, 0.2) is 0 Å². The Morgan fingerprint density at radius 3 is 1.67 bits per heavy atom. The molecule has 24 heavy (non-hydrogen) atoms. The third-order valence-corrected chi connectivity index (χ3v) is 4.44. The third-order valence-electron chi connectivity index (χ3n) is 3.73. The fourth-order valence-corrected chi connectivity index (χ4v) is 4.12. The first kappa shape index (κ1) is 22.4. The van der Waals surface area contributed by atoms with Gasteiger partial charge in [0.1, 0.15) is 12.2 Å². The van der Waals surface area contributed by atoms with E-state index in [0.29, 0.717) is 0 Å². The van der Waals surface area contributed by atoms with Crippen molar-refractivity contribution in [3.63, 3.8) is 0 Å². The van der Waals surface area contributed by atoms with E-state index in [1.807, 2.05) is 0 Å². The van der Waals surface area contributed by atoms with Gasteiger partial charge in [-0.1, -0.05) is 41.5 Å². The van der Waals surface area contributed by atoms with Gasteiger partial charge in [0.2, 0.25) is 10.0 Å². The first-order valence-electron chi connectivity index (χ1n) is 7.32. The van der Waals surface area contributed by atoms with E-state index in [2.05, 4.69) is 4.72 Å². The highest BCUT2D eigenvalue weighted by Crippen LogP contribution is 2.49. The Kier molecular flexibility index (Phi) is 6.68. The van der Waals surface area contributed by atoms with Gasteiger partial charge in [-0.25, -0.2) is 22.7 Å². The van der Waals surface area contributed by atoms with Crippen molar-refractivity contribution in [1.29, 1.82) is 0 Å². The molecular formula is C14H29N3O6S. The zero-order valence-electron chi connectivity index (χ0n) is 15.3. The molecular weight excluding hydrogens is 338 g/mol. The summed E-state index contributed by atoms with van der Waals surface area (Å²) in [4.78, 5) is 22.6. The van der Waals surface area contributed by atoms with Crippen LogP contribution in [-0.2, 0) is 19.5 Å². The van der Waals surface area contributed by atoms with Crippen LogP contribution in [0.15, 0.2) is 0 Å². The van der Waals surface area contributed by atoms with E-state index in [-0.39, 0.29) is 0 Å². The maximum Gasteiger partial charge on any atom is 0.405 e. The number of rotatable bonds is 6. The van der Waals surface area contributed by atoms with Gasteiger partial charge in [-0.3, -0.25) is 0 Å². The summed E-state index contributed by atoms with van der Waals surface area (Å²) in [5, 5.41) is 0. The zero-order chi connectivity index (χ0) is 19.6. The SMILES string of the molecule is CC(C)(C)C(OC(N)=O)(C(COC(N)=O)NS(C)(=O)=O)C(C)(C)C. The molecule has 0 saturated heterocycles. The summed E-state index contributed by atoms with van der Waals surface area (Å²) < 4.78 is 36.3. The second-order valence-electron chi connectivity index (χ2n) is 7.73. The van der Waals surface area contributed by atoms with Crippen LogP contribution in [-0.4, -0.2) is 45.1 Å². The number of hydrogen-bond donors (Lipinski definition) is 3. The Labute approximate surface area is 143 Å². The summed E-state index contributed by atoms with van der Waals surface area (Å²) in [6.45, 7) is 10.2. The van der Waals surface area contributed by atoms with Crippen molar-refractivity contribution >= 4 is 22.2 Å². The maximum absolute atomic E-state index is 11.8. The zero-order valence-corrected chi connectivity index (χ0v) is 16.1. The van der Waals surface area contributed by atoms with Crippen molar-refractivity contribution in [2.24, 2.45) is 22.3 Å². The monoisotopic (exact) mass is 367 g/mol. The summed E-state index contributed by atoms with van der Waals surface area (Å²) in [5.74, 6) is 0. The van der Waals surface area contributed by atoms with Crippen LogP contribution < -0.4 is 16.2 Å². The van der Waals surface area contributed by atoms with E-state index in [1.54, 1.807) is 41.5 Å². The van der Waals surface area contributed by atoms with Crippen LogP contribution in [0.2, 0.25) is 0 Å². The second kappa shape index (κ2) is 7.14.